The molecule has 0 aromatic carbocycles. The normalized spacial score (nSPS) is 10.2. The molecule has 0 radical (unpaired) electrons. The van der Waals surface area contributed by atoms with E-state index in [0.29, 0.717) is 13.2 Å². The first-order chi connectivity index (χ1) is 5.81. The van der Waals surface area contributed by atoms with Gasteiger partial charge in [-0.1, -0.05) is 0 Å². The van der Waals surface area contributed by atoms with Crippen molar-refractivity contribution in [3.8, 4) is 0 Å². The number of carbonyl (C=O) groups excluding carboxylic acids is 1. The summed E-state index contributed by atoms with van der Waals surface area (Å²) >= 11 is 0. The molecule has 0 bridgehead atoms. The minimum absolute atomic E-state index is 0.0325. The van der Waals surface area contributed by atoms with Gasteiger partial charge in [0.25, 0.3) is 0 Å². The molecule has 4 nitrogen and oxygen atoms in total. The van der Waals surface area contributed by atoms with Crippen molar-refractivity contribution in [2.45, 2.75) is 6.42 Å². The molecule has 0 N–H and O–H groups in total. The molecular formula is C8H16O4. The number of methoxy groups -OCH3 is 2. The number of rotatable bonds is 8. The van der Waals surface area contributed by atoms with Gasteiger partial charge in [0.1, 0.15) is 13.2 Å². The highest BCUT2D eigenvalue weighted by Gasteiger charge is 1.99. The molecule has 0 amide bonds. The molecule has 0 aromatic heterocycles. The second-order valence-electron chi connectivity index (χ2n) is 2.37. The molecule has 4 heteroatoms. The predicted molar refractivity (Wildman–Crippen MR) is 44.2 cm³/mol. The van der Waals surface area contributed by atoms with Crippen LogP contribution in [-0.4, -0.2) is 46.4 Å². The lowest BCUT2D eigenvalue weighted by Gasteiger charge is -2.02. The Hall–Kier alpha value is -0.450. The molecule has 0 aromatic rings. The third-order valence-electron chi connectivity index (χ3n) is 1.21. The Morgan fingerprint density at radius 1 is 1.08 bits per heavy atom. The summed E-state index contributed by atoms with van der Waals surface area (Å²) in [6.07, 6.45) is 0.816. The lowest BCUT2D eigenvalue weighted by Crippen LogP contribution is -2.15. The monoisotopic (exact) mass is 176 g/mol. The van der Waals surface area contributed by atoms with Crippen molar-refractivity contribution in [2.24, 2.45) is 0 Å². The Balaban J connectivity index is 3.03. The molecule has 0 saturated carbocycles. The number of Topliss-reactive ketones (excluding diaryl/α,β-unsaturated/α-hetero) is 1. The van der Waals surface area contributed by atoms with E-state index in [-0.39, 0.29) is 19.0 Å². The van der Waals surface area contributed by atoms with Crippen LogP contribution in [0.15, 0.2) is 0 Å². The molecule has 0 rings (SSSR count). The largest absolute Gasteiger partial charge is 0.385 e. The van der Waals surface area contributed by atoms with Crippen LogP contribution >= 0.6 is 0 Å². The standard InChI is InChI=1S/C8H16O4/c1-10-4-3-5-12-7-8(9)6-11-2/h3-7H2,1-2H3. The maximum atomic E-state index is 10.8. The minimum atomic E-state index is -0.0325. The van der Waals surface area contributed by atoms with Gasteiger partial charge in [-0.15, -0.1) is 0 Å². The molecular weight excluding hydrogens is 160 g/mol. The predicted octanol–water partition coefficient (Wildman–Crippen LogP) is 0.255. The first-order valence-corrected chi connectivity index (χ1v) is 3.88. The first-order valence-electron chi connectivity index (χ1n) is 3.88. The van der Waals surface area contributed by atoms with Crippen molar-refractivity contribution in [1.29, 1.82) is 0 Å². The van der Waals surface area contributed by atoms with Crippen LogP contribution in [0.25, 0.3) is 0 Å². The van der Waals surface area contributed by atoms with E-state index in [4.69, 9.17) is 9.47 Å². The van der Waals surface area contributed by atoms with Crippen molar-refractivity contribution < 1.29 is 19.0 Å². The second-order valence-corrected chi connectivity index (χ2v) is 2.37. The molecule has 0 fully saturated rings. The average molecular weight is 176 g/mol. The summed E-state index contributed by atoms with van der Waals surface area (Å²) in [4.78, 5) is 10.8. The van der Waals surface area contributed by atoms with E-state index in [0.717, 1.165) is 6.42 Å². The molecule has 0 aliphatic heterocycles. The highest BCUT2D eigenvalue weighted by atomic mass is 16.5. The fourth-order valence-electron chi connectivity index (χ4n) is 0.694. The van der Waals surface area contributed by atoms with Crippen LogP contribution in [0.5, 0.6) is 0 Å². The zero-order chi connectivity index (χ0) is 9.23. The van der Waals surface area contributed by atoms with Gasteiger partial charge in [0.15, 0.2) is 5.78 Å². The maximum Gasteiger partial charge on any atom is 0.183 e. The zero-order valence-electron chi connectivity index (χ0n) is 7.67. The van der Waals surface area contributed by atoms with Gasteiger partial charge in [-0.3, -0.25) is 4.79 Å². The number of hydrogen-bond donors (Lipinski definition) is 0. The second kappa shape index (κ2) is 8.64. The fraction of sp³-hybridized carbons (Fsp3) is 0.875. The van der Waals surface area contributed by atoms with Crippen LogP contribution in [-0.2, 0) is 19.0 Å². The SMILES string of the molecule is COCCCOCC(=O)COC. The Morgan fingerprint density at radius 3 is 2.42 bits per heavy atom. The quantitative estimate of drug-likeness (QED) is 0.497. The van der Waals surface area contributed by atoms with Crippen LogP contribution in [0.2, 0.25) is 0 Å². The van der Waals surface area contributed by atoms with Gasteiger partial charge in [-0.2, -0.15) is 0 Å². The molecule has 12 heavy (non-hydrogen) atoms. The molecule has 0 heterocycles. The lowest BCUT2D eigenvalue weighted by atomic mass is 10.4. The van der Waals surface area contributed by atoms with Crippen LogP contribution in [0.1, 0.15) is 6.42 Å². The molecule has 0 aliphatic carbocycles. The van der Waals surface area contributed by atoms with Gasteiger partial charge in [-0.25, -0.2) is 0 Å². The fourth-order valence-corrected chi connectivity index (χ4v) is 0.694. The van der Waals surface area contributed by atoms with Crippen molar-refractivity contribution in [1.82, 2.24) is 0 Å². The zero-order valence-corrected chi connectivity index (χ0v) is 7.67. The van der Waals surface area contributed by atoms with Crippen LogP contribution < -0.4 is 0 Å². The van der Waals surface area contributed by atoms with E-state index in [1.165, 1.54) is 7.11 Å². The van der Waals surface area contributed by atoms with Gasteiger partial charge in [0, 0.05) is 27.4 Å². The van der Waals surface area contributed by atoms with Gasteiger partial charge in [0.2, 0.25) is 0 Å². The summed E-state index contributed by atoms with van der Waals surface area (Å²) in [7, 11) is 3.12. The van der Waals surface area contributed by atoms with E-state index < -0.39 is 0 Å². The van der Waals surface area contributed by atoms with Gasteiger partial charge in [0.05, 0.1) is 0 Å². The van der Waals surface area contributed by atoms with Gasteiger partial charge in [-0.05, 0) is 6.42 Å². The third-order valence-corrected chi connectivity index (χ3v) is 1.21. The minimum Gasteiger partial charge on any atom is -0.385 e. The summed E-state index contributed by atoms with van der Waals surface area (Å²) in [6.45, 7) is 1.49. The Kier molecular flexibility index (Phi) is 8.32. The highest BCUT2D eigenvalue weighted by molar-refractivity contribution is 5.80. The van der Waals surface area contributed by atoms with Crippen LogP contribution in [0, 0.1) is 0 Å². The summed E-state index contributed by atoms with van der Waals surface area (Å²) in [5.41, 5.74) is 0. The topological polar surface area (TPSA) is 44.8 Å². The summed E-state index contributed by atoms with van der Waals surface area (Å²) < 4.78 is 14.5. The molecule has 72 valence electrons. The van der Waals surface area contributed by atoms with Crippen LogP contribution in [0.4, 0.5) is 0 Å². The summed E-state index contributed by atoms with van der Waals surface area (Å²) in [5, 5.41) is 0. The van der Waals surface area contributed by atoms with Crippen molar-refractivity contribution >= 4 is 5.78 Å². The van der Waals surface area contributed by atoms with Gasteiger partial charge < -0.3 is 14.2 Å². The molecule has 0 spiro atoms. The molecule has 0 aliphatic rings. The van der Waals surface area contributed by atoms with E-state index in [1.807, 2.05) is 0 Å². The van der Waals surface area contributed by atoms with Gasteiger partial charge >= 0.3 is 0 Å². The summed E-state index contributed by atoms with van der Waals surface area (Å²) in [6, 6.07) is 0. The summed E-state index contributed by atoms with van der Waals surface area (Å²) in [5.74, 6) is -0.0325. The average Bonchev–Trinajstić information content (AvgIpc) is 2.05. The number of hydrogen-bond acceptors (Lipinski definition) is 4. The maximum absolute atomic E-state index is 10.8. The van der Waals surface area contributed by atoms with E-state index in [9.17, 15) is 4.79 Å². The van der Waals surface area contributed by atoms with Crippen molar-refractivity contribution in [3.05, 3.63) is 0 Å². The smallest absolute Gasteiger partial charge is 0.183 e. The van der Waals surface area contributed by atoms with E-state index in [2.05, 4.69) is 4.74 Å². The number of ether oxygens (including phenoxy) is 3. The van der Waals surface area contributed by atoms with E-state index >= 15 is 0 Å². The molecule has 0 unspecified atom stereocenters. The number of ketones is 1. The Morgan fingerprint density at radius 2 is 1.83 bits per heavy atom. The van der Waals surface area contributed by atoms with Crippen molar-refractivity contribution in [2.75, 3.05) is 40.6 Å². The molecule has 0 saturated heterocycles. The third kappa shape index (κ3) is 7.65. The number of carbonyl (C=O) groups is 1. The Labute approximate surface area is 72.8 Å². The molecule has 0 atom stereocenters. The van der Waals surface area contributed by atoms with Crippen molar-refractivity contribution in [3.63, 3.8) is 0 Å². The van der Waals surface area contributed by atoms with Crippen LogP contribution in [0.3, 0.4) is 0 Å². The van der Waals surface area contributed by atoms with E-state index in [1.54, 1.807) is 7.11 Å². The highest BCUT2D eigenvalue weighted by Crippen LogP contribution is 1.84. The lowest BCUT2D eigenvalue weighted by molar-refractivity contribution is -0.127. The first kappa shape index (κ1) is 11.6. The Bertz CT molecular complexity index is 114.